The third-order valence-corrected chi connectivity index (χ3v) is 4.14. The van der Waals surface area contributed by atoms with E-state index < -0.39 is 11.4 Å². The molecule has 3 nitrogen and oxygen atoms in total. The van der Waals surface area contributed by atoms with Crippen molar-refractivity contribution in [2.45, 2.75) is 6.92 Å². The van der Waals surface area contributed by atoms with Crippen LogP contribution in [0, 0.1) is 5.41 Å². The summed E-state index contributed by atoms with van der Waals surface area (Å²) in [6.07, 6.45) is 0. The van der Waals surface area contributed by atoms with Crippen LogP contribution in [0.15, 0.2) is 12.2 Å². The average molecular weight is 330 g/mol. The van der Waals surface area contributed by atoms with Crippen molar-refractivity contribution in [3.05, 3.63) is 12.2 Å². The van der Waals surface area contributed by atoms with Gasteiger partial charge >= 0.3 is 5.97 Å². The SMILES string of the molecule is C=C(C)C(=O)OCC(CO)(CBr)CBr. The second-order valence-electron chi connectivity index (χ2n) is 3.28. The van der Waals surface area contributed by atoms with Crippen molar-refractivity contribution in [3.63, 3.8) is 0 Å². The molecule has 14 heavy (non-hydrogen) atoms. The molecular formula is C9H14Br2O3. The second kappa shape index (κ2) is 6.58. The van der Waals surface area contributed by atoms with Gasteiger partial charge in [-0.1, -0.05) is 38.4 Å². The fourth-order valence-corrected chi connectivity index (χ4v) is 2.19. The molecule has 0 rings (SSSR count). The first-order chi connectivity index (χ1) is 6.51. The molecule has 0 fully saturated rings. The minimum Gasteiger partial charge on any atom is -0.462 e. The number of aliphatic hydroxyl groups excluding tert-OH is 1. The van der Waals surface area contributed by atoms with E-state index in [1.165, 1.54) is 0 Å². The fourth-order valence-electron chi connectivity index (χ4n) is 0.585. The van der Waals surface area contributed by atoms with Crippen LogP contribution < -0.4 is 0 Å². The van der Waals surface area contributed by atoms with Gasteiger partial charge in [-0.05, 0) is 6.92 Å². The maximum absolute atomic E-state index is 11.1. The van der Waals surface area contributed by atoms with Crippen LogP contribution in [-0.4, -0.2) is 34.9 Å². The fraction of sp³-hybridized carbons (Fsp3) is 0.667. The highest BCUT2D eigenvalue weighted by atomic mass is 79.9. The van der Waals surface area contributed by atoms with Gasteiger partial charge < -0.3 is 9.84 Å². The number of hydrogen-bond acceptors (Lipinski definition) is 3. The summed E-state index contributed by atoms with van der Waals surface area (Å²) >= 11 is 6.55. The number of halogens is 2. The molecule has 0 bridgehead atoms. The van der Waals surface area contributed by atoms with Gasteiger partial charge in [0.25, 0.3) is 0 Å². The highest BCUT2D eigenvalue weighted by molar-refractivity contribution is 9.09. The number of carbonyl (C=O) groups is 1. The molecule has 0 aliphatic heterocycles. The van der Waals surface area contributed by atoms with E-state index in [4.69, 9.17) is 9.84 Å². The Morgan fingerprint density at radius 1 is 1.50 bits per heavy atom. The smallest absolute Gasteiger partial charge is 0.333 e. The third kappa shape index (κ3) is 4.11. The highest BCUT2D eigenvalue weighted by Gasteiger charge is 2.29. The highest BCUT2D eigenvalue weighted by Crippen LogP contribution is 2.23. The van der Waals surface area contributed by atoms with Crippen molar-refractivity contribution in [1.29, 1.82) is 0 Å². The van der Waals surface area contributed by atoms with Gasteiger partial charge in [0.05, 0.1) is 6.61 Å². The van der Waals surface area contributed by atoms with Crippen molar-refractivity contribution >= 4 is 37.8 Å². The minimum absolute atomic E-state index is 0.0486. The van der Waals surface area contributed by atoms with Gasteiger partial charge in [0.1, 0.15) is 6.61 Å². The van der Waals surface area contributed by atoms with Gasteiger partial charge in [-0.25, -0.2) is 4.79 Å². The van der Waals surface area contributed by atoms with Gasteiger partial charge in [0, 0.05) is 21.6 Å². The van der Waals surface area contributed by atoms with Gasteiger partial charge in [-0.15, -0.1) is 0 Å². The number of alkyl halides is 2. The van der Waals surface area contributed by atoms with E-state index in [2.05, 4.69) is 38.4 Å². The Balaban J connectivity index is 4.19. The molecule has 82 valence electrons. The van der Waals surface area contributed by atoms with Crippen LogP contribution in [0.5, 0.6) is 0 Å². The minimum atomic E-state index is -0.453. The Morgan fingerprint density at radius 3 is 2.29 bits per heavy atom. The zero-order valence-corrected chi connectivity index (χ0v) is 11.2. The number of carbonyl (C=O) groups excluding carboxylic acids is 1. The average Bonchev–Trinajstić information content (AvgIpc) is 2.20. The Kier molecular flexibility index (Phi) is 6.64. The molecule has 0 saturated carbocycles. The molecule has 0 spiro atoms. The third-order valence-electron chi connectivity index (χ3n) is 1.76. The second-order valence-corrected chi connectivity index (χ2v) is 4.40. The van der Waals surface area contributed by atoms with Crippen LogP contribution >= 0.6 is 31.9 Å². The summed E-state index contributed by atoms with van der Waals surface area (Å²) in [6.45, 7) is 5.18. The first-order valence-corrected chi connectivity index (χ1v) is 6.31. The summed E-state index contributed by atoms with van der Waals surface area (Å²) in [4.78, 5) is 11.1. The van der Waals surface area contributed by atoms with Crippen molar-refractivity contribution in [3.8, 4) is 0 Å². The molecular weight excluding hydrogens is 316 g/mol. The van der Waals surface area contributed by atoms with Crippen LogP contribution in [0.1, 0.15) is 6.92 Å². The first-order valence-electron chi connectivity index (χ1n) is 4.07. The molecule has 0 atom stereocenters. The molecule has 0 radical (unpaired) electrons. The molecule has 0 heterocycles. The maximum Gasteiger partial charge on any atom is 0.333 e. The molecule has 1 N–H and O–H groups in total. The molecule has 0 aromatic rings. The molecule has 0 aromatic carbocycles. The topological polar surface area (TPSA) is 46.5 Å². The van der Waals surface area contributed by atoms with Crippen LogP contribution in [0.4, 0.5) is 0 Å². The zero-order chi connectivity index (χ0) is 11.2. The van der Waals surface area contributed by atoms with Crippen LogP contribution in [-0.2, 0) is 9.53 Å². The standard InChI is InChI=1S/C9H14Br2O3/c1-7(2)8(13)14-6-9(3-10,4-11)5-12/h12H,1,3-6H2,2H3. The van der Waals surface area contributed by atoms with Gasteiger partial charge in [0.15, 0.2) is 0 Å². The lowest BCUT2D eigenvalue weighted by molar-refractivity contribution is -0.142. The summed E-state index contributed by atoms with van der Waals surface area (Å²) in [5, 5.41) is 10.3. The van der Waals surface area contributed by atoms with Crippen molar-refractivity contribution in [1.82, 2.24) is 0 Å². The summed E-state index contributed by atoms with van der Waals surface area (Å²) in [5.41, 5.74) is -0.0912. The molecule has 0 amide bonds. The van der Waals surface area contributed by atoms with Crippen molar-refractivity contribution < 1.29 is 14.6 Å². The summed E-state index contributed by atoms with van der Waals surface area (Å²) in [5.74, 6) is -0.426. The molecule has 0 aliphatic carbocycles. The van der Waals surface area contributed by atoms with E-state index in [-0.39, 0.29) is 13.2 Å². The predicted octanol–water partition coefficient (Wildman–Crippen LogP) is 1.87. The molecule has 0 aromatic heterocycles. The van der Waals surface area contributed by atoms with Crippen LogP contribution in [0.2, 0.25) is 0 Å². The lowest BCUT2D eigenvalue weighted by atomic mass is 9.96. The van der Waals surface area contributed by atoms with Gasteiger partial charge in [-0.3, -0.25) is 0 Å². The van der Waals surface area contributed by atoms with Gasteiger partial charge in [-0.2, -0.15) is 0 Å². The van der Waals surface area contributed by atoms with E-state index in [1.807, 2.05) is 0 Å². The Bertz CT molecular complexity index is 204. The monoisotopic (exact) mass is 328 g/mol. The molecule has 0 aliphatic rings. The summed E-state index contributed by atoms with van der Waals surface area (Å²) in [6, 6.07) is 0. The Hall–Kier alpha value is 0.130. The maximum atomic E-state index is 11.1. The molecule has 0 unspecified atom stereocenters. The largest absolute Gasteiger partial charge is 0.462 e. The number of rotatable bonds is 6. The Labute approximate surface area is 101 Å². The van der Waals surface area contributed by atoms with E-state index in [0.29, 0.717) is 16.2 Å². The summed E-state index contributed by atoms with van der Waals surface area (Å²) in [7, 11) is 0. The quantitative estimate of drug-likeness (QED) is 0.460. The molecule has 5 heteroatoms. The number of ether oxygens (including phenoxy) is 1. The normalized spacial score (nSPS) is 11.1. The van der Waals surface area contributed by atoms with Crippen molar-refractivity contribution in [2.24, 2.45) is 5.41 Å². The van der Waals surface area contributed by atoms with E-state index >= 15 is 0 Å². The number of hydrogen-bond donors (Lipinski definition) is 1. The summed E-state index contributed by atoms with van der Waals surface area (Å²) < 4.78 is 4.98. The van der Waals surface area contributed by atoms with Crippen LogP contribution in [0.25, 0.3) is 0 Å². The first kappa shape index (κ1) is 14.1. The number of aliphatic hydroxyl groups is 1. The van der Waals surface area contributed by atoms with Gasteiger partial charge in [0.2, 0.25) is 0 Å². The van der Waals surface area contributed by atoms with E-state index in [0.717, 1.165) is 0 Å². The van der Waals surface area contributed by atoms with E-state index in [9.17, 15) is 4.79 Å². The lowest BCUT2D eigenvalue weighted by Gasteiger charge is -2.26. The van der Waals surface area contributed by atoms with Crippen LogP contribution in [0.3, 0.4) is 0 Å². The number of esters is 1. The Morgan fingerprint density at radius 2 is 2.00 bits per heavy atom. The van der Waals surface area contributed by atoms with Crippen molar-refractivity contribution in [2.75, 3.05) is 23.9 Å². The van der Waals surface area contributed by atoms with E-state index in [1.54, 1.807) is 6.92 Å². The molecule has 0 saturated heterocycles. The lowest BCUT2D eigenvalue weighted by Crippen LogP contribution is -2.35. The zero-order valence-electron chi connectivity index (χ0n) is 8.06. The predicted molar refractivity (Wildman–Crippen MR) is 62.9 cm³/mol.